The van der Waals surface area contributed by atoms with Crippen molar-refractivity contribution < 1.29 is 4.79 Å². The van der Waals surface area contributed by atoms with Gasteiger partial charge in [0.2, 0.25) is 0 Å². The van der Waals surface area contributed by atoms with E-state index in [4.69, 9.17) is 0 Å². The molecule has 1 nitrogen and oxygen atoms in total. The first kappa shape index (κ1) is 7.08. The quantitative estimate of drug-likeness (QED) is 0.523. The zero-order valence-electron chi connectivity index (χ0n) is 7.13. The van der Waals surface area contributed by atoms with E-state index >= 15 is 0 Å². The van der Waals surface area contributed by atoms with Gasteiger partial charge in [0.15, 0.2) is 0 Å². The molecule has 0 aromatic heterocycles. The molecule has 0 saturated heterocycles. The number of carbonyl (C=O) groups excluding carboxylic acids is 1. The van der Waals surface area contributed by atoms with Crippen molar-refractivity contribution >= 4 is 5.78 Å². The molecule has 2 aliphatic rings. The molecule has 11 heavy (non-hydrogen) atoms. The van der Waals surface area contributed by atoms with Gasteiger partial charge in [0.05, 0.1) is 0 Å². The van der Waals surface area contributed by atoms with Crippen molar-refractivity contribution in [3.63, 3.8) is 0 Å². The standard InChI is InChI=1S/C10H14O/c1-6-3-8-4-9(6)10(5-8)7(2)11/h3,8-10H,4-5H2,1-2H3. The number of rotatable bonds is 1. The Morgan fingerprint density at radius 1 is 1.55 bits per heavy atom. The number of hydrogen-bond donors (Lipinski definition) is 0. The maximum Gasteiger partial charge on any atom is 0.133 e. The monoisotopic (exact) mass is 150 g/mol. The maximum absolute atomic E-state index is 11.2. The fourth-order valence-electron chi connectivity index (χ4n) is 2.66. The largest absolute Gasteiger partial charge is 0.300 e. The molecule has 3 unspecified atom stereocenters. The molecule has 0 radical (unpaired) electrons. The molecule has 60 valence electrons. The van der Waals surface area contributed by atoms with Crippen LogP contribution in [0.25, 0.3) is 0 Å². The fraction of sp³-hybridized carbons (Fsp3) is 0.700. The summed E-state index contributed by atoms with van der Waals surface area (Å²) in [5.74, 6) is 2.10. The van der Waals surface area contributed by atoms with E-state index in [0.29, 0.717) is 17.6 Å². The minimum atomic E-state index is 0.366. The van der Waals surface area contributed by atoms with E-state index in [0.717, 1.165) is 12.3 Å². The second-order valence-electron chi connectivity index (χ2n) is 3.97. The molecule has 0 spiro atoms. The van der Waals surface area contributed by atoms with Crippen LogP contribution in [0.15, 0.2) is 11.6 Å². The number of ketones is 1. The second kappa shape index (κ2) is 2.20. The van der Waals surface area contributed by atoms with Crippen molar-refractivity contribution in [3.8, 4) is 0 Å². The molecule has 0 aromatic rings. The van der Waals surface area contributed by atoms with Gasteiger partial charge in [-0.15, -0.1) is 0 Å². The molecule has 2 aliphatic carbocycles. The highest BCUT2D eigenvalue weighted by atomic mass is 16.1. The van der Waals surface area contributed by atoms with Gasteiger partial charge in [-0.1, -0.05) is 11.6 Å². The predicted molar refractivity (Wildman–Crippen MR) is 44.1 cm³/mol. The first-order valence-corrected chi connectivity index (χ1v) is 4.37. The molecular weight excluding hydrogens is 136 g/mol. The SMILES string of the molecule is CC(=O)C1CC2C=C(C)C1C2. The van der Waals surface area contributed by atoms with Crippen LogP contribution >= 0.6 is 0 Å². The number of fused-ring (bicyclic) bond motifs is 2. The third-order valence-electron chi connectivity index (χ3n) is 3.20. The summed E-state index contributed by atoms with van der Waals surface area (Å²) in [7, 11) is 0. The molecule has 1 saturated carbocycles. The van der Waals surface area contributed by atoms with Crippen molar-refractivity contribution in [1.29, 1.82) is 0 Å². The van der Waals surface area contributed by atoms with Crippen LogP contribution in [0.5, 0.6) is 0 Å². The van der Waals surface area contributed by atoms with Crippen molar-refractivity contribution in [1.82, 2.24) is 0 Å². The summed E-state index contributed by atoms with van der Waals surface area (Å²) in [6, 6.07) is 0. The lowest BCUT2D eigenvalue weighted by molar-refractivity contribution is -0.121. The molecule has 2 rings (SSSR count). The van der Waals surface area contributed by atoms with Gasteiger partial charge in [-0.3, -0.25) is 4.79 Å². The van der Waals surface area contributed by atoms with Crippen LogP contribution in [-0.2, 0) is 4.79 Å². The minimum Gasteiger partial charge on any atom is -0.300 e. The van der Waals surface area contributed by atoms with Gasteiger partial charge in [-0.2, -0.15) is 0 Å². The van der Waals surface area contributed by atoms with E-state index < -0.39 is 0 Å². The van der Waals surface area contributed by atoms with Gasteiger partial charge in [-0.05, 0) is 38.5 Å². The molecule has 2 bridgehead atoms. The van der Waals surface area contributed by atoms with E-state index in [1.54, 1.807) is 6.92 Å². The van der Waals surface area contributed by atoms with Crippen molar-refractivity contribution in [3.05, 3.63) is 11.6 Å². The van der Waals surface area contributed by atoms with Gasteiger partial charge in [0, 0.05) is 5.92 Å². The first-order valence-electron chi connectivity index (χ1n) is 4.37. The summed E-state index contributed by atoms with van der Waals surface area (Å²) >= 11 is 0. The highest BCUT2D eigenvalue weighted by Crippen LogP contribution is 2.47. The van der Waals surface area contributed by atoms with Crippen LogP contribution in [0.4, 0.5) is 0 Å². The smallest absolute Gasteiger partial charge is 0.133 e. The number of hydrogen-bond acceptors (Lipinski definition) is 1. The Bertz CT molecular complexity index is 227. The molecule has 0 aromatic carbocycles. The van der Waals surface area contributed by atoms with E-state index in [1.165, 1.54) is 12.0 Å². The predicted octanol–water partition coefficient (Wildman–Crippen LogP) is 2.18. The van der Waals surface area contributed by atoms with E-state index in [1.807, 2.05) is 0 Å². The maximum atomic E-state index is 11.2. The lowest BCUT2D eigenvalue weighted by Crippen LogP contribution is -2.18. The summed E-state index contributed by atoms with van der Waals surface area (Å²) in [5, 5.41) is 0. The molecular formula is C10H14O. The van der Waals surface area contributed by atoms with Crippen LogP contribution in [0, 0.1) is 17.8 Å². The minimum absolute atomic E-state index is 0.366. The highest BCUT2D eigenvalue weighted by Gasteiger charge is 2.40. The Kier molecular flexibility index (Phi) is 1.41. The summed E-state index contributed by atoms with van der Waals surface area (Å²) in [5.41, 5.74) is 1.46. The Morgan fingerprint density at radius 2 is 2.27 bits per heavy atom. The molecule has 0 heterocycles. The molecule has 0 N–H and O–H groups in total. The second-order valence-corrected chi connectivity index (χ2v) is 3.97. The van der Waals surface area contributed by atoms with Crippen LogP contribution in [0.1, 0.15) is 26.7 Å². The summed E-state index contributed by atoms with van der Waals surface area (Å²) in [4.78, 5) is 11.2. The Morgan fingerprint density at radius 3 is 2.64 bits per heavy atom. The van der Waals surface area contributed by atoms with Gasteiger partial charge in [-0.25, -0.2) is 0 Å². The van der Waals surface area contributed by atoms with Gasteiger partial charge >= 0.3 is 0 Å². The molecule has 0 amide bonds. The topological polar surface area (TPSA) is 17.1 Å². The van der Waals surface area contributed by atoms with Gasteiger partial charge < -0.3 is 0 Å². The zero-order valence-corrected chi connectivity index (χ0v) is 7.13. The van der Waals surface area contributed by atoms with E-state index in [2.05, 4.69) is 13.0 Å². The fourth-order valence-corrected chi connectivity index (χ4v) is 2.66. The van der Waals surface area contributed by atoms with Gasteiger partial charge in [0.1, 0.15) is 5.78 Å². The summed E-state index contributed by atoms with van der Waals surface area (Å²) in [6.45, 7) is 3.90. The Hall–Kier alpha value is -0.590. The average molecular weight is 150 g/mol. The van der Waals surface area contributed by atoms with Gasteiger partial charge in [0.25, 0.3) is 0 Å². The van der Waals surface area contributed by atoms with Crippen molar-refractivity contribution in [2.45, 2.75) is 26.7 Å². The average Bonchev–Trinajstić information content (AvgIpc) is 2.43. The van der Waals surface area contributed by atoms with E-state index in [9.17, 15) is 4.79 Å². The normalized spacial score (nSPS) is 40.9. The number of allylic oxidation sites excluding steroid dienone is 2. The Labute approximate surface area is 67.5 Å². The van der Waals surface area contributed by atoms with Crippen LogP contribution in [-0.4, -0.2) is 5.78 Å². The third-order valence-corrected chi connectivity index (χ3v) is 3.20. The molecule has 1 heteroatoms. The van der Waals surface area contributed by atoms with Crippen LogP contribution in [0.3, 0.4) is 0 Å². The number of carbonyl (C=O) groups is 1. The molecule has 3 atom stereocenters. The molecule has 1 fully saturated rings. The lowest BCUT2D eigenvalue weighted by atomic mass is 9.86. The highest BCUT2D eigenvalue weighted by molar-refractivity contribution is 5.79. The number of Topliss-reactive ketones (excluding diaryl/α,β-unsaturated/α-hetero) is 1. The third kappa shape index (κ3) is 0.943. The zero-order chi connectivity index (χ0) is 8.01. The first-order chi connectivity index (χ1) is 5.18. The van der Waals surface area contributed by atoms with Crippen molar-refractivity contribution in [2.75, 3.05) is 0 Å². The van der Waals surface area contributed by atoms with Crippen LogP contribution < -0.4 is 0 Å². The Balaban J connectivity index is 2.21. The summed E-state index contributed by atoms with van der Waals surface area (Å²) < 4.78 is 0. The lowest BCUT2D eigenvalue weighted by Gasteiger charge is -2.18. The van der Waals surface area contributed by atoms with Crippen molar-refractivity contribution in [2.24, 2.45) is 17.8 Å². The molecule has 0 aliphatic heterocycles. The van der Waals surface area contributed by atoms with E-state index in [-0.39, 0.29) is 0 Å². The van der Waals surface area contributed by atoms with Crippen LogP contribution in [0.2, 0.25) is 0 Å². The summed E-state index contributed by atoms with van der Waals surface area (Å²) in [6.07, 6.45) is 4.72.